The fourth-order valence-corrected chi connectivity index (χ4v) is 2.21. The lowest BCUT2D eigenvalue weighted by Gasteiger charge is -1.95. The number of hydrogen-bond acceptors (Lipinski definition) is 4. The molecule has 5 nitrogen and oxygen atoms in total. The van der Waals surface area contributed by atoms with Crippen molar-refractivity contribution in [2.75, 3.05) is 0 Å². The lowest BCUT2D eigenvalue weighted by molar-refractivity contribution is 0.0955. The molecule has 3 aromatic rings. The highest BCUT2D eigenvalue weighted by atomic mass is 16.2. The Balaban J connectivity index is 1.93. The SMILES string of the molecule is O=C1c2ccccc2-c2nc(-c3ccccn3)nn21. The summed E-state index contributed by atoms with van der Waals surface area (Å²) in [5.74, 6) is 0.917. The number of pyridine rings is 1. The van der Waals surface area contributed by atoms with Gasteiger partial charge in [-0.3, -0.25) is 9.78 Å². The number of hydrogen-bond donors (Lipinski definition) is 0. The highest BCUT2D eigenvalue weighted by molar-refractivity contribution is 6.07. The molecule has 0 N–H and O–H groups in total. The van der Waals surface area contributed by atoms with Gasteiger partial charge in [0.15, 0.2) is 5.82 Å². The standard InChI is InChI=1S/C14H8N4O/c19-14-10-6-2-1-5-9(10)13-16-12(17-18(13)14)11-7-3-4-8-15-11/h1-8H. The van der Waals surface area contributed by atoms with Crippen molar-refractivity contribution in [3.05, 3.63) is 54.2 Å². The molecule has 0 unspecified atom stereocenters. The van der Waals surface area contributed by atoms with Crippen LogP contribution in [0.15, 0.2) is 48.7 Å². The van der Waals surface area contributed by atoms with Gasteiger partial charge in [-0.15, -0.1) is 5.10 Å². The zero-order valence-corrected chi connectivity index (χ0v) is 9.82. The van der Waals surface area contributed by atoms with E-state index in [-0.39, 0.29) is 5.91 Å². The van der Waals surface area contributed by atoms with Gasteiger partial charge in [-0.25, -0.2) is 4.98 Å². The first-order valence-electron chi connectivity index (χ1n) is 5.87. The number of benzene rings is 1. The molecule has 0 saturated heterocycles. The van der Waals surface area contributed by atoms with E-state index in [2.05, 4.69) is 15.1 Å². The number of fused-ring (bicyclic) bond motifs is 3. The number of carbonyl (C=O) groups is 1. The molecule has 0 bridgehead atoms. The van der Waals surface area contributed by atoms with Crippen LogP contribution in [0.5, 0.6) is 0 Å². The van der Waals surface area contributed by atoms with Crippen LogP contribution in [0.4, 0.5) is 0 Å². The Hall–Kier alpha value is -2.82. The number of aromatic nitrogens is 4. The van der Waals surface area contributed by atoms with Crippen LogP contribution < -0.4 is 0 Å². The Morgan fingerprint density at radius 3 is 2.53 bits per heavy atom. The maximum atomic E-state index is 12.2. The topological polar surface area (TPSA) is 60.7 Å². The summed E-state index contributed by atoms with van der Waals surface area (Å²) in [5.41, 5.74) is 2.13. The largest absolute Gasteiger partial charge is 0.280 e. The second-order valence-corrected chi connectivity index (χ2v) is 4.24. The molecule has 5 heteroatoms. The Morgan fingerprint density at radius 1 is 0.947 bits per heavy atom. The molecule has 4 rings (SSSR count). The molecule has 90 valence electrons. The first-order chi connectivity index (χ1) is 9.34. The number of rotatable bonds is 1. The summed E-state index contributed by atoms with van der Waals surface area (Å²) in [6.07, 6.45) is 1.68. The van der Waals surface area contributed by atoms with Gasteiger partial charge in [0.1, 0.15) is 5.69 Å². The fraction of sp³-hybridized carbons (Fsp3) is 0. The van der Waals surface area contributed by atoms with Gasteiger partial charge >= 0.3 is 0 Å². The van der Waals surface area contributed by atoms with Crippen LogP contribution in [-0.2, 0) is 0 Å². The van der Waals surface area contributed by atoms with Gasteiger partial charge in [0.05, 0.1) is 5.56 Å². The van der Waals surface area contributed by atoms with E-state index in [1.807, 2.05) is 36.4 Å². The minimum Gasteiger partial charge on any atom is -0.267 e. The Labute approximate surface area is 108 Å². The monoisotopic (exact) mass is 248 g/mol. The molecular formula is C14H8N4O. The average molecular weight is 248 g/mol. The summed E-state index contributed by atoms with van der Waals surface area (Å²) in [6, 6.07) is 12.9. The highest BCUT2D eigenvalue weighted by Crippen LogP contribution is 2.30. The molecular weight excluding hydrogens is 240 g/mol. The van der Waals surface area contributed by atoms with Crippen molar-refractivity contribution < 1.29 is 4.79 Å². The maximum absolute atomic E-state index is 12.2. The van der Waals surface area contributed by atoms with Crippen LogP contribution in [0.1, 0.15) is 10.4 Å². The quantitative estimate of drug-likeness (QED) is 0.517. The van der Waals surface area contributed by atoms with Crippen molar-refractivity contribution >= 4 is 5.91 Å². The van der Waals surface area contributed by atoms with E-state index in [9.17, 15) is 4.79 Å². The second-order valence-electron chi connectivity index (χ2n) is 4.24. The summed E-state index contributed by atoms with van der Waals surface area (Å²) < 4.78 is 1.34. The van der Waals surface area contributed by atoms with Crippen molar-refractivity contribution in [3.8, 4) is 22.9 Å². The third-order valence-corrected chi connectivity index (χ3v) is 3.09. The molecule has 0 spiro atoms. The molecule has 1 aliphatic rings. The van der Waals surface area contributed by atoms with E-state index >= 15 is 0 Å². The summed E-state index contributed by atoms with van der Waals surface area (Å²) in [5, 5.41) is 4.25. The van der Waals surface area contributed by atoms with Gasteiger partial charge in [0, 0.05) is 11.8 Å². The lowest BCUT2D eigenvalue weighted by Crippen LogP contribution is -2.08. The van der Waals surface area contributed by atoms with Crippen molar-refractivity contribution in [1.82, 2.24) is 19.7 Å². The van der Waals surface area contributed by atoms with E-state index in [0.29, 0.717) is 22.9 Å². The zero-order valence-electron chi connectivity index (χ0n) is 9.82. The van der Waals surface area contributed by atoms with Crippen LogP contribution in [-0.4, -0.2) is 25.7 Å². The predicted octanol–water partition coefficient (Wildman–Crippen LogP) is 2.01. The molecule has 2 aromatic heterocycles. The molecule has 1 aliphatic heterocycles. The van der Waals surface area contributed by atoms with E-state index in [1.165, 1.54) is 4.68 Å². The Bertz CT molecular complexity index is 792. The molecule has 19 heavy (non-hydrogen) atoms. The second kappa shape index (κ2) is 3.58. The number of nitrogens with zero attached hydrogens (tertiary/aromatic N) is 4. The summed E-state index contributed by atoms with van der Waals surface area (Å²) in [6.45, 7) is 0. The van der Waals surface area contributed by atoms with Gasteiger partial charge in [0.2, 0.25) is 5.82 Å². The minimum atomic E-state index is -0.139. The molecule has 1 aromatic carbocycles. The van der Waals surface area contributed by atoms with Gasteiger partial charge in [-0.05, 0) is 18.2 Å². The van der Waals surface area contributed by atoms with Gasteiger partial charge < -0.3 is 0 Å². The molecule has 0 fully saturated rings. The van der Waals surface area contributed by atoms with E-state index < -0.39 is 0 Å². The average Bonchev–Trinajstić information content (AvgIpc) is 3.01. The summed E-state index contributed by atoms with van der Waals surface area (Å²) in [7, 11) is 0. The van der Waals surface area contributed by atoms with Gasteiger partial charge in [-0.1, -0.05) is 24.3 Å². The van der Waals surface area contributed by atoms with Gasteiger partial charge in [0.25, 0.3) is 5.91 Å². The molecule has 0 saturated carbocycles. The first kappa shape index (κ1) is 10.1. The Morgan fingerprint density at radius 2 is 1.74 bits per heavy atom. The molecule has 0 aliphatic carbocycles. The van der Waals surface area contributed by atoms with E-state index in [4.69, 9.17) is 0 Å². The van der Waals surface area contributed by atoms with Crippen LogP contribution in [0.25, 0.3) is 22.9 Å². The summed E-state index contributed by atoms with van der Waals surface area (Å²) in [4.78, 5) is 20.8. The third kappa shape index (κ3) is 1.35. The third-order valence-electron chi connectivity index (χ3n) is 3.09. The predicted molar refractivity (Wildman–Crippen MR) is 68.4 cm³/mol. The molecule has 0 atom stereocenters. The van der Waals surface area contributed by atoms with Gasteiger partial charge in [-0.2, -0.15) is 4.68 Å². The highest BCUT2D eigenvalue weighted by Gasteiger charge is 2.29. The minimum absolute atomic E-state index is 0.139. The lowest BCUT2D eigenvalue weighted by atomic mass is 10.1. The van der Waals surface area contributed by atoms with Crippen molar-refractivity contribution in [1.29, 1.82) is 0 Å². The van der Waals surface area contributed by atoms with Crippen molar-refractivity contribution in [3.63, 3.8) is 0 Å². The Kier molecular flexibility index (Phi) is 1.91. The van der Waals surface area contributed by atoms with Crippen LogP contribution in [0.2, 0.25) is 0 Å². The normalized spacial score (nSPS) is 12.3. The van der Waals surface area contributed by atoms with Crippen molar-refractivity contribution in [2.45, 2.75) is 0 Å². The number of carbonyl (C=O) groups excluding carboxylic acids is 1. The maximum Gasteiger partial charge on any atom is 0.280 e. The molecule has 0 radical (unpaired) electrons. The van der Waals surface area contributed by atoms with E-state index in [1.54, 1.807) is 12.3 Å². The summed E-state index contributed by atoms with van der Waals surface area (Å²) >= 11 is 0. The van der Waals surface area contributed by atoms with Crippen LogP contribution in [0.3, 0.4) is 0 Å². The van der Waals surface area contributed by atoms with Crippen molar-refractivity contribution in [2.24, 2.45) is 0 Å². The van der Waals surface area contributed by atoms with E-state index in [0.717, 1.165) is 5.56 Å². The fourth-order valence-electron chi connectivity index (χ4n) is 2.21. The first-order valence-corrected chi connectivity index (χ1v) is 5.87. The van der Waals surface area contributed by atoms with Crippen LogP contribution in [0, 0.1) is 0 Å². The molecule has 0 amide bonds. The zero-order chi connectivity index (χ0) is 12.8. The van der Waals surface area contributed by atoms with Crippen LogP contribution >= 0.6 is 0 Å². The smallest absolute Gasteiger partial charge is 0.267 e. The molecule has 3 heterocycles.